The van der Waals surface area contributed by atoms with E-state index in [-0.39, 0.29) is 12.4 Å². The van der Waals surface area contributed by atoms with E-state index in [1.165, 1.54) is 6.07 Å². The number of benzene rings is 2. The van der Waals surface area contributed by atoms with E-state index >= 15 is 0 Å². The predicted molar refractivity (Wildman–Crippen MR) is 96.6 cm³/mol. The van der Waals surface area contributed by atoms with Crippen LogP contribution in [0.3, 0.4) is 0 Å². The van der Waals surface area contributed by atoms with Crippen molar-refractivity contribution in [1.29, 1.82) is 0 Å². The topological polar surface area (TPSA) is 52.7 Å². The second-order valence-corrected chi connectivity index (χ2v) is 7.99. The molecule has 0 saturated carbocycles. The standard InChI is InChI=1S/C18H20F3N3O2S/c19-14-5-6-18(16(21)13-14)27(25,26)22-7-8-23-9-11-24(12-10-23)17-4-2-1-3-15(17)20/h1-6,13,22H,7-12H2. The molecule has 1 aliphatic heterocycles. The van der Waals surface area contributed by atoms with Gasteiger partial charge in [0, 0.05) is 45.3 Å². The van der Waals surface area contributed by atoms with Crippen LogP contribution in [0.15, 0.2) is 47.4 Å². The lowest BCUT2D eigenvalue weighted by Gasteiger charge is -2.36. The average molecular weight is 399 g/mol. The number of halogens is 3. The van der Waals surface area contributed by atoms with Gasteiger partial charge in [0.05, 0.1) is 5.69 Å². The van der Waals surface area contributed by atoms with E-state index in [1.807, 2.05) is 9.80 Å². The number of rotatable bonds is 6. The van der Waals surface area contributed by atoms with E-state index in [9.17, 15) is 21.6 Å². The van der Waals surface area contributed by atoms with Crippen molar-refractivity contribution in [1.82, 2.24) is 9.62 Å². The smallest absolute Gasteiger partial charge is 0.243 e. The minimum absolute atomic E-state index is 0.0961. The molecule has 1 fully saturated rings. The fourth-order valence-corrected chi connectivity index (χ4v) is 4.11. The summed E-state index contributed by atoms with van der Waals surface area (Å²) < 4.78 is 67.0. The van der Waals surface area contributed by atoms with Crippen LogP contribution >= 0.6 is 0 Å². The molecule has 1 saturated heterocycles. The lowest BCUT2D eigenvalue weighted by molar-refractivity contribution is 0.261. The molecule has 2 aromatic rings. The molecule has 0 unspecified atom stereocenters. The van der Waals surface area contributed by atoms with E-state index in [1.54, 1.807) is 18.2 Å². The molecule has 0 bridgehead atoms. The van der Waals surface area contributed by atoms with E-state index in [2.05, 4.69) is 4.72 Å². The van der Waals surface area contributed by atoms with Gasteiger partial charge in [-0.15, -0.1) is 0 Å². The molecule has 2 aromatic carbocycles. The second kappa shape index (κ2) is 8.28. The molecule has 0 spiro atoms. The first-order valence-corrected chi connectivity index (χ1v) is 10.0. The molecule has 0 radical (unpaired) electrons. The van der Waals surface area contributed by atoms with Crippen molar-refractivity contribution >= 4 is 15.7 Å². The first-order chi connectivity index (χ1) is 12.9. The molecular formula is C18H20F3N3O2S. The lowest BCUT2D eigenvalue weighted by Crippen LogP contribution is -2.48. The van der Waals surface area contributed by atoms with Crippen LogP contribution in [0.5, 0.6) is 0 Å². The van der Waals surface area contributed by atoms with E-state index < -0.39 is 26.6 Å². The molecule has 0 atom stereocenters. The summed E-state index contributed by atoms with van der Waals surface area (Å²) in [6.45, 7) is 3.09. The maximum atomic E-state index is 13.8. The zero-order chi connectivity index (χ0) is 19.4. The van der Waals surface area contributed by atoms with E-state index in [0.717, 1.165) is 12.1 Å². The summed E-state index contributed by atoms with van der Waals surface area (Å²) in [5.74, 6) is -2.22. The molecule has 0 amide bonds. The third-order valence-electron chi connectivity index (χ3n) is 4.47. The van der Waals surface area contributed by atoms with Gasteiger partial charge in [0.15, 0.2) is 0 Å². The Morgan fingerprint density at radius 3 is 2.30 bits per heavy atom. The highest BCUT2D eigenvalue weighted by Gasteiger charge is 2.21. The summed E-state index contributed by atoms with van der Waals surface area (Å²) in [6.07, 6.45) is 0. The van der Waals surface area contributed by atoms with Gasteiger partial charge in [-0.05, 0) is 24.3 Å². The Balaban J connectivity index is 1.50. The Bertz CT molecular complexity index is 900. The Morgan fingerprint density at radius 2 is 1.63 bits per heavy atom. The molecule has 3 rings (SSSR count). The van der Waals surface area contributed by atoms with Crippen LogP contribution in [-0.4, -0.2) is 52.6 Å². The highest BCUT2D eigenvalue weighted by Crippen LogP contribution is 2.20. The van der Waals surface area contributed by atoms with Gasteiger partial charge < -0.3 is 4.90 Å². The van der Waals surface area contributed by atoms with Gasteiger partial charge in [0.25, 0.3) is 0 Å². The van der Waals surface area contributed by atoms with Crippen LogP contribution in [-0.2, 0) is 10.0 Å². The van der Waals surface area contributed by atoms with E-state index in [0.29, 0.717) is 44.5 Å². The molecule has 0 aliphatic carbocycles. The molecule has 1 N–H and O–H groups in total. The summed E-state index contributed by atoms with van der Waals surface area (Å²) in [5, 5.41) is 0. The summed E-state index contributed by atoms with van der Waals surface area (Å²) in [7, 11) is -4.05. The fraction of sp³-hybridized carbons (Fsp3) is 0.333. The molecule has 5 nitrogen and oxygen atoms in total. The van der Waals surface area contributed by atoms with E-state index in [4.69, 9.17) is 0 Å². The van der Waals surface area contributed by atoms with Crippen molar-refractivity contribution in [2.75, 3.05) is 44.2 Å². The largest absolute Gasteiger partial charge is 0.367 e. The Labute approximate surface area is 156 Å². The highest BCUT2D eigenvalue weighted by atomic mass is 32.2. The number of para-hydroxylation sites is 1. The minimum atomic E-state index is -4.05. The highest BCUT2D eigenvalue weighted by molar-refractivity contribution is 7.89. The van der Waals surface area contributed by atoms with Gasteiger partial charge in [-0.25, -0.2) is 26.3 Å². The third-order valence-corrected chi connectivity index (χ3v) is 5.96. The van der Waals surface area contributed by atoms with Gasteiger partial charge in [0.2, 0.25) is 10.0 Å². The normalized spacial score (nSPS) is 15.9. The second-order valence-electron chi connectivity index (χ2n) is 6.25. The number of hydrogen-bond acceptors (Lipinski definition) is 4. The maximum Gasteiger partial charge on any atom is 0.243 e. The number of sulfonamides is 1. The monoisotopic (exact) mass is 399 g/mol. The van der Waals surface area contributed by atoms with Crippen LogP contribution < -0.4 is 9.62 Å². The van der Waals surface area contributed by atoms with Gasteiger partial charge in [-0.3, -0.25) is 4.90 Å². The van der Waals surface area contributed by atoms with Crippen LogP contribution in [0.1, 0.15) is 0 Å². The summed E-state index contributed by atoms with van der Waals surface area (Å²) >= 11 is 0. The van der Waals surface area contributed by atoms with Crippen molar-refractivity contribution in [3.63, 3.8) is 0 Å². The number of hydrogen-bond donors (Lipinski definition) is 1. The van der Waals surface area contributed by atoms with Crippen LogP contribution in [0.4, 0.5) is 18.9 Å². The number of nitrogens with one attached hydrogen (secondary N) is 1. The van der Waals surface area contributed by atoms with Crippen molar-refractivity contribution < 1.29 is 21.6 Å². The number of anilines is 1. The first-order valence-electron chi connectivity index (χ1n) is 8.53. The van der Waals surface area contributed by atoms with Gasteiger partial charge in [-0.2, -0.15) is 0 Å². The molecule has 1 heterocycles. The zero-order valence-electron chi connectivity index (χ0n) is 14.5. The Hall–Kier alpha value is -2.10. The number of nitrogens with zero attached hydrogens (tertiary/aromatic N) is 2. The van der Waals surface area contributed by atoms with Crippen LogP contribution in [0, 0.1) is 17.5 Å². The quantitative estimate of drug-likeness (QED) is 0.809. The van der Waals surface area contributed by atoms with Crippen molar-refractivity contribution in [2.24, 2.45) is 0 Å². The Morgan fingerprint density at radius 1 is 0.926 bits per heavy atom. The molecule has 27 heavy (non-hydrogen) atoms. The molecule has 9 heteroatoms. The predicted octanol–water partition coefficient (Wildman–Crippen LogP) is 2.20. The first kappa shape index (κ1) is 19.7. The van der Waals surface area contributed by atoms with Crippen molar-refractivity contribution in [2.45, 2.75) is 4.90 Å². The SMILES string of the molecule is O=S(=O)(NCCN1CCN(c2ccccc2F)CC1)c1ccc(F)cc1F. The van der Waals surface area contributed by atoms with Gasteiger partial charge >= 0.3 is 0 Å². The summed E-state index contributed by atoms with van der Waals surface area (Å²) in [4.78, 5) is 3.42. The lowest BCUT2D eigenvalue weighted by atomic mass is 10.2. The van der Waals surface area contributed by atoms with Gasteiger partial charge in [-0.1, -0.05) is 12.1 Å². The zero-order valence-corrected chi connectivity index (χ0v) is 15.4. The molecule has 1 aliphatic rings. The minimum Gasteiger partial charge on any atom is -0.367 e. The molecule has 0 aromatic heterocycles. The Kier molecular flexibility index (Phi) is 6.03. The third kappa shape index (κ3) is 4.79. The maximum absolute atomic E-state index is 13.8. The fourth-order valence-electron chi connectivity index (χ4n) is 3.03. The van der Waals surface area contributed by atoms with Gasteiger partial charge in [0.1, 0.15) is 22.3 Å². The van der Waals surface area contributed by atoms with Crippen molar-refractivity contribution in [3.05, 3.63) is 59.9 Å². The molecule has 146 valence electrons. The number of piperazine rings is 1. The molecular weight excluding hydrogens is 379 g/mol. The summed E-state index contributed by atoms with van der Waals surface area (Å²) in [5.41, 5.74) is 0.560. The van der Waals surface area contributed by atoms with Crippen LogP contribution in [0.2, 0.25) is 0 Å². The van der Waals surface area contributed by atoms with Crippen molar-refractivity contribution in [3.8, 4) is 0 Å². The van der Waals surface area contributed by atoms with Crippen LogP contribution in [0.25, 0.3) is 0 Å². The summed E-state index contributed by atoms with van der Waals surface area (Å²) in [6, 6.07) is 8.93. The average Bonchev–Trinajstić information content (AvgIpc) is 2.62.